The molecule has 0 bridgehead atoms. The van der Waals surface area contributed by atoms with Gasteiger partial charge < -0.3 is 9.30 Å². The Hall–Kier alpha value is -1.39. The van der Waals surface area contributed by atoms with Crippen LogP contribution in [0, 0.1) is 6.92 Å². The highest BCUT2D eigenvalue weighted by molar-refractivity contribution is 5.85. The summed E-state index contributed by atoms with van der Waals surface area (Å²) >= 11 is 0. The Morgan fingerprint density at radius 2 is 2.29 bits per heavy atom. The van der Waals surface area contributed by atoms with Crippen molar-refractivity contribution in [2.75, 3.05) is 6.61 Å². The van der Waals surface area contributed by atoms with Crippen molar-refractivity contribution in [1.82, 2.24) is 14.8 Å². The van der Waals surface area contributed by atoms with E-state index < -0.39 is 0 Å². The van der Waals surface area contributed by atoms with E-state index in [0.29, 0.717) is 18.5 Å². The maximum Gasteiger partial charge on any atom is 0.376 e. The average molecular weight is 195 g/mol. The maximum atomic E-state index is 11.5. The number of aromatic nitrogens is 3. The van der Waals surface area contributed by atoms with E-state index in [1.807, 2.05) is 11.5 Å². The average Bonchev–Trinajstić information content (AvgIpc) is 2.90. The third-order valence-electron chi connectivity index (χ3n) is 2.24. The molecule has 0 amide bonds. The Labute approximate surface area is 82.1 Å². The van der Waals surface area contributed by atoms with Crippen molar-refractivity contribution in [2.45, 2.75) is 32.7 Å². The monoisotopic (exact) mass is 195 g/mol. The van der Waals surface area contributed by atoms with Gasteiger partial charge in [-0.05, 0) is 26.7 Å². The van der Waals surface area contributed by atoms with Crippen molar-refractivity contribution in [3.63, 3.8) is 0 Å². The molecule has 0 aliphatic heterocycles. The number of nitrogens with zero attached hydrogens (tertiary/aromatic N) is 3. The van der Waals surface area contributed by atoms with Gasteiger partial charge >= 0.3 is 5.97 Å². The van der Waals surface area contributed by atoms with Crippen molar-refractivity contribution in [3.05, 3.63) is 11.6 Å². The van der Waals surface area contributed by atoms with E-state index >= 15 is 0 Å². The summed E-state index contributed by atoms with van der Waals surface area (Å²) in [5.41, 5.74) is 0. The second-order valence-electron chi connectivity index (χ2n) is 3.39. The van der Waals surface area contributed by atoms with Gasteiger partial charge in [0.15, 0.2) is 0 Å². The molecule has 0 spiro atoms. The molecule has 1 aromatic rings. The predicted octanol–water partition coefficient (Wildman–Crippen LogP) is 1.10. The number of aryl methyl sites for hydroxylation is 1. The normalized spacial score (nSPS) is 15.6. The van der Waals surface area contributed by atoms with Crippen LogP contribution in [0.1, 0.15) is 42.3 Å². The lowest BCUT2D eigenvalue weighted by Crippen LogP contribution is -2.13. The number of rotatable bonds is 3. The highest BCUT2D eigenvalue weighted by atomic mass is 16.5. The Bertz CT molecular complexity index is 355. The van der Waals surface area contributed by atoms with Gasteiger partial charge in [0, 0.05) is 6.04 Å². The fraction of sp³-hybridized carbons (Fsp3) is 0.667. The molecule has 0 unspecified atom stereocenters. The molecule has 0 atom stereocenters. The summed E-state index contributed by atoms with van der Waals surface area (Å²) in [6.45, 7) is 4.01. The third-order valence-corrected chi connectivity index (χ3v) is 2.24. The minimum Gasteiger partial charge on any atom is -0.460 e. The zero-order valence-corrected chi connectivity index (χ0v) is 8.36. The smallest absolute Gasteiger partial charge is 0.376 e. The van der Waals surface area contributed by atoms with Crippen molar-refractivity contribution in [3.8, 4) is 0 Å². The van der Waals surface area contributed by atoms with Crippen LogP contribution in [0.3, 0.4) is 0 Å². The van der Waals surface area contributed by atoms with Crippen LogP contribution < -0.4 is 0 Å². The van der Waals surface area contributed by atoms with Crippen LogP contribution in [0.2, 0.25) is 0 Å². The number of carbonyl (C=O) groups excluding carboxylic acids is 1. The summed E-state index contributed by atoms with van der Waals surface area (Å²) in [6, 6.07) is 0.407. The van der Waals surface area contributed by atoms with Gasteiger partial charge in [-0.1, -0.05) is 0 Å². The number of ether oxygens (including phenoxy) is 1. The van der Waals surface area contributed by atoms with Crippen LogP contribution in [0.5, 0.6) is 0 Å². The molecule has 1 aliphatic carbocycles. The van der Waals surface area contributed by atoms with Crippen LogP contribution in [0.4, 0.5) is 0 Å². The van der Waals surface area contributed by atoms with Gasteiger partial charge in [0.2, 0.25) is 5.82 Å². The largest absolute Gasteiger partial charge is 0.460 e. The van der Waals surface area contributed by atoms with Crippen LogP contribution in [-0.2, 0) is 4.74 Å². The molecule has 5 heteroatoms. The van der Waals surface area contributed by atoms with Gasteiger partial charge in [-0.15, -0.1) is 10.2 Å². The first-order valence-electron chi connectivity index (χ1n) is 4.82. The van der Waals surface area contributed by atoms with Crippen molar-refractivity contribution in [1.29, 1.82) is 0 Å². The van der Waals surface area contributed by atoms with E-state index in [0.717, 1.165) is 18.7 Å². The molecule has 0 aromatic carbocycles. The first-order chi connectivity index (χ1) is 6.74. The van der Waals surface area contributed by atoms with Gasteiger partial charge in [0.25, 0.3) is 0 Å². The summed E-state index contributed by atoms with van der Waals surface area (Å²) in [5.74, 6) is 0.752. The van der Waals surface area contributed by atoms with E-state index in [1.165, 1.54) is 0 Å². The highest BCUT2D eigenvalue weighted by Crippen LogP contribution is 2.36. The minimum absolute atomic E-state index is 0.340. The SMILES string of the molecule is CCOC(=O)c1nnc(C)n1C1CC1. The molecule has 5 nitrogen and oxygen atoms in total. The summed E-state index contributed by atoms with van der Waals surface area (Å²) in [5, 5.41) is 7.73. The van der Waals surface area contributed by atoms with Crippen molar-refractivity contribution >= 4 is 5.97 Å². The Kier molecular flexibility index (Phi) is 2.23. The Morgan fingerprint density at radius 3 is 2.86 bits per heavy atom. The fourth-order valence-corrected chi connectivity index (χ4v) is 1.47. The molecular weight excluding hydrogens is 182 g/mol. The molecule has 1 saturated carbocycles. The van der Waals surface area contributed by atoms with Crippen LogP contribution in [0.15, 0.2) is 0 Å². The van der Waals surface area contributed by atoms with Crippen LogP contribution >= 0.6 is 0 Å². The molecule has 76 valence electrons. The molecule has 0 saturated heterocycles. The first-order valence-corrected chi connectivity index (χ1v) is 4.82. The molecule has 1 aliphatic rings. The Morgan fingerprint density at radius 1 is 1.57 bits per heavy atom. The van der Waals surface area contributed by atoms with Gasteiger partial charge in [-0.3, -0.25) is 0 Å². The first kappa shape index (κ1) is 9.18. The van der Waals surface area contributed by atoms with Crippen molar-refractivity contribution < 1.29 is 9.53 Å². The second kappa shape index (κ2) is 3.40. The summed E-state index contributed by atoms with van der Waals surface area (Å²) in [4.78, 5) is 11.5. The van der Waals surface area contributed by atoms with E-state index in [9.17, 15) is 4.79 Å². The van der Waals surface area contributed by atoms with Crippen LogP contribution in [0.25, 0.3) is 0 Å². The fourth-order valence-electron chi connectivity index (χ4n) is 1.47. The number of hydrogen-bond acceptors (Lipinski definition) is 4. The van der Waals surface area contributed by atoms with Gasteiger partial charge in [0.1, 0.15) is 5.82 Å². The van der Waals surface area contributed by atoms with E-state index in [-0.39, 0.29) is 5.97 Å². The summed E-state index contributed by atoms with van der Waals surface area (Å²) in [6.07, 6.45) is 2.20. The van der Waals surface area contributed by atoms with Crippen LogP contribution in [-0.4, -0.2) is 27.3 Å². The lowest BCUT2D eigenvalue weighted by Gasteiger charge is -2.05. The topological polar surface area (TPSA) is 57.0 Å². The quantitative estimate of drug-likeness (QED) is 0.677. The van der Waals surface area contributed by atoms with Gasteiger partial charge in [0.05, 0.1) is 6.61 Å². The van der Waals surface area contributed by atoms with Gasteiger partial charge in [-0.2, -0.15) is 0 Å². The van der Waals surface area contributed by atoms with E-state index in [4.69, 9.17) is 4.74 Å². The zero-order valence-electron chi connectivity index (χ0n) is 8.36. The van der Waals surface area contributed by atoms with E-state index in [2.05, 4.69) is 10.2 Å². The van der Waals surface area contributed by atoms with E-state index in [1.54, 1.807) is 6.92 Å². The highest BCUT2D eigenvalue weighted by Gasteiger charge is 2.30. The minimum atomic E-state index is -0.375. The number of esters is 1. The molecule has 0 radical (unpaired) electrons. The lowest BCUT2D eigenvalue weighted by atomic mass is 10.5. The molecule has 1 fully saturated rings. The maximum absolute atomic E-state index is 11.5. The molecule has 14 heavy (non-hydrogen) atoms. The third kappa shape index (κ3) is 1.49. The zero-order chi connectivity index (χ0) is 10.1. The van der Waals surface area contributed by atoms with Gasteiger partial charge in [-0.25, -0.2) is 4.79 Å². The number of carbonyl (C=O) groups is 1. The standard InChI is InChI=1S/C9H13N3O2/c1-3-14-9(13)8-11-10-6(2)12(8)7-4-5-7/h7H,3-5H2,1-2H3. The second-order valence-corrected chi connectivity index (χ2v) is 3.39. The molecule has 0 N–H and O–H groups in total. The number of hydrogen-bond donors (Lipinski definition) is 0. The Balaban J connectivity index is 2.28. The lowest BCUT2D eigenvalue weighted by molar-refractivity contribution is 0.0505. The molecule has 2 rings (SSSR count). The molecule has 1 heterocycles. The predicted molar refractivity (Wildman–Crippen MR) is 49.0 cm³/mol. The summed E-state index contributed by atoms with van der Waals surface area (Å²) in [7, 11) is 0. The van der Waals surface area contributed by atoms with Crippen molar-refractivity contribution in [2.24, 2.45) is 0 Å². The molecular formula is C9H13N3O2. The summed E-state index contributed by atoms with van der Waals surface area (Å²) < 4.78 is 6.77. The molecule has 1 aromatic heterocycles.